The quantitative estimate of drug-likeness (QED) is 0.0512. The number of aliphatic hydroxyl groups excluding tert-OH is 8. The summed E-state index contributed by atoms with van der Waals surface area (Å²) in [6.07, 6.45) is -16.6. The Labute approximate surface area is 496 Å². The lowest BCUT2D eigenvalue weighted by molar-refractivity contribution is -0.205. The van der Waals surface area contributed by atoms with Gasteiger partial charge in [-0.15, -0.1) is 0 Å². The Hall–Kier alpha value is -7.48. The summed E-state index contributed by atoms with van der Waals surface area (Å²) in [4.78, 5) is 6.03. The molecule has 0 saturated carbocycles. The average molecular weight is 1330 g/mol. The van der Waals surface area contributed by atoms with Gasteiger partial charge in [0.15, 0.2) is 93.1 Å². The van der Waals surface area contributed by atoms with Gasteiger partial charge in [-0.25, -0.2) is 79.0 Å². The van der Waals surface area contributed by atoms with Crippen LogP contribution in [0.25, 0.3) is 22.3 Å². The zero-order valence-electron chi connectivity index (χ0n) is 43.8. The molecule has 90 heavy (non-hydrogen) atoms. The van der Waals surface area contributed by atoms with Crippen molar-refractivity contribution in [1.29, 1.82) is 0 Å². The summed E-state index contributed by atoms with van der Waals surface area (Å²) in [6, 6.07) is 5.26. The molecule has 7 heterocycles. The number of thioether (sulfide) groups is 2. The fraction of sp³-hybridized carbons (Fsp3) is 0.214. The van der Waals surface area contributed by atoms with E-state index in [-0.39, 0.29) is 23.5 Å². The van der Waals surface area contributed by atoms with E-state index in [2.05, 4.69) is 19.9 Å². The van der Waals surface area contributed by atoms with Crippen molar-refractivity contribution < 1.29 is 129 Å². The third-order valence-corrected chi connectivity index (χ3v) is 17.4. The van der Waals surface area contributed by atoms with Crippen LogP contribution in [0.2, 0.25) is 0 Å². The van der Waals surface area contributed by atoms with Crippen LogP contribution in [0.3, 0.4) is 0 Å². The maximum atomic E-state index is 17.1. The smallest absolute Gasteiger partial charge is 0.200 e. The lowest BCUT2D eigenvalue weighted by Gasteiger charge is -2.39. The van der Waals surface area contributed by atoms with Crippen LogP contribution < -0.4 is 21.4 Å². The second-order valence-electron chi connectivity index (χ2n) is 20.1. The molecule has 0 spiro atoms. The van der Waals surface area contributed by atoms with Crippen LogP contribution in [-0.2, 0) is 9.47 Å². The Balaban J connectivity index is 1.25. The van der Waals surface area contributed by atoms with Crippen LogP contribution in [0.1, 0.15) is 45.0 Å². The van der Waals surface area contributed by atoms with E-state index < -0.39 is 276 Å². The maximum Gasteiger partial charge on any atom is 0.200 e. The van der Waals surface area contributed by atoms with Gasteiger partial charge in [0.2, 0.25) is 11.6 Å². The molecule has 4 aromatic heterocycles. The Morgan fingerprint density at radius 1 is 0.289 bits per heavy atom. The number of nitrogens with one attached hydrogen (secondary N) is 4. The second-order valence-corrected chi connectivity index (χ2v) is 22.3. The van der Waals surface area contributed by atoms with E-state index in [1.165, 1.54) is 0 Å². The second kappa shape index (κ2) is 24.0. The standard InChI is InChI=1S/C56H34F18N4O10S2/c57-29-25(30(58)38(66)41(69)37(29)65)21-11-1-5-15(75-11)23(27-33(61)43(71)53(44(72)34(27)62)89-55-51(85)49(83)47(81)19(9-79)87-55)16-7-3-13(77-16)22(26-31(59)39(67)42(70)40(68)32(26)60)14-4-8-18(78-14)24(17-6-2-12(21)76-17)28-35(63)45(73)54(46(74)36(28)64)90-56-52(86)50(84)48(82)20(10-80)88-56/h1-8,19-20,47-52,55-56,75-86H,9-10H2/t19-,20-,47-,48-,49+,50+,51+,52+,55-,56-/m1/s1. The maximum absolute atomic E-state index is 17.1. The van der Waals surface area contributed by atoms with Crippen molar-refractivity contribution in [3.8, 4) is 0 Å². The molecular weight excluding hydrogens is 1290 g/mol. The number of halogens is 18. The Morgan fingerprint density at radius 2 is 0.511 bits per heavy atom. The fourth-order valence-corrected chi connectivity index (χ4v) is 12.7. The Kier molecular flexibility index (Phi) is 17.1. The highest BCUT2D eigenvalue weighted by Crippen LogP contribution is 2.44. The number of benzene rings is 4. The molecule has 0 radical (unpaired) electrons. The van der Waals surface area contributed by atoms with E-state index in [9.17, 15) is 49.6 Å². The summed E-state index contributed by atoms with van der Waals surface area (Å²) in [6.45, 7) is -2.19. The van der Waals surface area contributed by atoms with Crippen molar-refractivity contribution in [2.24, 2.45) is 0 Å². The number of hydrogen-bond acceptors (Lipinski definition) is 12. The molecule has 8 aromatic rings. The van der Waals surface area contributed by atoms with Crippen LogP contribution in [0.15, 0.2) is 58.3 Å². The number of rotatable bonds is 10. The van der Waals surface area contributed by atoms with Crippen molar-refractivity contribution in [1.82, 2.24) is 19.9 Å². The SMILES string of the molecule is OC[C@H]1O[C@H](Sc2c(F)c(F)c(C3=c4ccc([nH]4)=C(c4c(F)c(F)c(F)c(F)c4F)c4ccc([nH]4)C(c4c(F)c(F)c(S[C@H]5O[C@H](CO)[C@@H](O)[C@H](O)[C@@H]5O)c(F)c4F)=c4ccc([nH]4)=C(c4c(F)c(F)c(F)c(F)c4F)c4ccc3[nH]4)c(F)c2F)[C@@H](O)[C@@H](O)[C@@H]1O. The number of aromatic nitrogens is 4. The zero-order valence-corrected chi connectivity index (χ0v) is 45.5. The number of H-pyrrole nitrogens is 4. The first-order valence-electron chi connectivity index (χ1n) is 25.5. The molecule has 0 aliphatic carbocycles. The van der Waals surface area contributed by atoms with E-state index in [0.29, 0.717) is 48.5 Å². The molecule has 8 bridgehead atoms. The zero-order chi connectivity index (χ0) is 65.3. The van der Waals surface area contributed by atoms with Crippen molar-refractivity contribution in [3.05, 3.63) is 220 Å². The summed E-state index contributed by atoms with van der Waals surface area (Å²) in [5.41, 5.74) is -20.4. The van der Waals surface area contributed by atoms with E-state index in [4.69, 9.17) is 9.47 Å². The highest BCUT2D eigenvalue weighted by atomic mass is 32.2. The normalized spacial score (nSPS) is 23.0. The first kappa shape index (κ1) is 64.1. The molecule has 12 N–H and O–H groups in total. The molecule has 2 saturated heterocycles. The van der Waals surface area contributed by atoms with Crippen LogP contribution in [0, 0.1) is 105 Å². The molecule has 14 nitrogen and oxygen atoms in total. The summed E-state index contributed by atoms with van der Waals surface area (Å²) < 4.78 is 301. The van der Waals surface area contributed by atoms with Crippen LogP contribution in [0.5, 0.6) is 0 Å². The van der Waals surface area contributed by atoms with Gasteiger partial charge < -0.3 is 70.3 Å². The van der Waals surface area contributed by atoms with E-state index in [0.717, 1.165) is 0 Å². The molecule has 10 atom stereocenters. The number of aromatic amines is 4. The largest absolute Gasteiger partial charge is 0.394 e. The Morgan fingerprint density at radius 3 is 0.744 bits per heavy atom. The van der Waals surface area contributed by atoms with Gasteiger partial charge >= 0.3 is 0 Å². The number of aliphatic hydroxyl groups is 8. The van der Waals surface area contributed by atoms with Gasteiger partial charge in [0.1, 0.15) is 59.7 Å². The third kappa shape index (κ3) is 10.1. The van der Waals surface area contributed by atoms with Gasteiger partial charge in [0.05, 0.1) is 45.3 Å². The molecule has 2 fully saturated rings. The minimum Gasteiger partial charge on any atom is -0.394 e. The monoisotopic (exact) mass is 1330 g/mol. The molecule has 0 amide bonds. The number of ether oxygens (including phenoxy) is 2. The van der Waals surface area contributed by atoms with Crippen LogP contribution in [0.4, 0.5) is 79.0 Å². The summed E-state index contributed by atoms with van der Waals surface area (Å²) in [7, 11) is 0. The molecule has 3 aliphatic rings. The first-order chi connectivity index (χ1) is 42.6. The lowest BCUT2D eigenvalue weighted by Crippen LogP contribution is -2.57. The molecular formula is C56H34F18N4O10S2. The molecule has 3 aliphatic heterocycles. The highest BCUT2D eigenvalue weighted by molar-refractivity contribution is 8.00. The molecule has 0 unspecified atom stereocenters. The lowest BCUT2D eigenvalue weighted by atomic mass is 10.00. The molecule has 11 rings (SSSR count). The molecule has 4 aromatic carbocycles. The summed E-state index contributed by atoms with van der Waals surface area (Å²) in [5.74, 6) is -45.6. The summed E-state index contributed by atoms with van der Waals surface area (Å²) in [5, 5.41) is 77.9. The predicted molar refractivity (Wildman–Crippen MR) is 272 cm³/mol. The van der Waals surface area contributed by atoms with Gasteiger partial charge in [-0.3, -0.25) is 0 Å². The topological polar surface area (TPSA) is 243 Å². The van der Waals surface area contributed by atoms with Crippen molar-refractivity contribution in [2.75, 3.05) is 13.2 Å². The molecule has 34 heteroatoms. The van der Waals surface area contributed by atoms with Gasteiger partial charge in [0, 0.05) is 66.5 Å². The van der Waals surface area contributed by atoms with Crippen molar-refractivity contribution in [3.63, 3.8) is 0 Å². The Bertz CT molecular complexity index is 4160. The average Bonchev–Trinajstić information content (AvgIpc) is 1.43. The van der Waals surface area contributed by atoms with Gasteiger partial charge in [-0.05, 0) is 48.5 Å². The summed E-state index contributed by atoms with van der Waals surface area (Å²) >= 11 is -0.661. The highest BCUT2D eigenvalue weighted by Gasteiger charge is 2.47. The van der Waals surface area contributed by atoms with Crippen LogP contribution >= 0.6 is 23.5 Å². The predicted octanol–water partition coefficient (Wildman–Crippen LogP) is 4.59. The van der Waals surface area contributed by atoms with E-state index >= 15 is 70.2 Å². The van der Waals surface area contributed by atoms with E-state index in [1.807, 2.05) is 0 Å². The number of hydrogen-bond donors (Lipinski definition) is 12. The van der Waals surface area contributed by atoms with Gasteiger partial charge in [-0.1, -0.05) is 23.5 Å². The first-order valence-corrected chi connectivity index (χ1v) is 27.3. The van der Waals surface area contributed by atoms with E-state index in [1.54, 1.807) is 0 Å². The van der Waals surface area contributed by atoms with Crippen molar-refractivity contribution >= 4 is 45.8 Å². The fourth-order valence-electron chi connectivity index (χ4n) is 10.5. The molecule has 476 valence electrons. The van der Waals surface area contributed by atoms with Gasteiger partial charge in [-0.2, -0.15) is 0 Å². The van der Waals surface area contributed by atoms with Gasteiger partial charge in [0.25, 0.3) is 0 Å². The van der Waals surface area contributed by atoms with Crippen molar-refractivity contribution in [2.45, 2.75) is 69.5 Å². The minimum atomic E-state index is -2.74. The minimum absolute atomic E-state index is 0.331. The number of fused-ring (bicyclic) bond motifs is 8. The third-order valence-electron chi connectivity index (χ3n) is 14.9. The van der Waals surface area contributed by atoms with Crippen LogP contribution in [-0.4, -0.2) is 134 Å².